The Bertz CT molecular complexity index is 1200. The number of rotatable bonds is 8. The van der Waals surface area contributed by atoms with Crippen molar-refractivity contribution < 1.29 is 9.53 Å². The van der Waals surface area contributed by atoms with E-state index in [0.717, 1.165) is 45.7 Å². The normalized spacial score (nSPS) is 12.8. The zero-order valence-corrected chi connectivity index (χ0v) is 19.3. The van der Waals surface area contributed by atoms with Crippen LogP contribution in [0.4, 0.5) is 5.82 Å². The number of carbonyl (C=O) groups is 1. The SMILES string of the molecule is CNc1nc(C2=CNCC=C2)nc2ccc(-c3ccc(OCCCC(=O)N(C)C)cc3)cc12. The van der Waals surface area contributed by atoms with Gasteiger partial charge in [-0.3, -0.25) is 4.79 Å². The maximum Gasteiger partial charge on any atom is 0.222 e. The monoisotopic (exact) mass is 443 g/mol. The Morgan fingerprint density at radius 3 is 2.61 bits per heavy atom. The molecule has 7 heteroatoms. The predicted molar refractivity (Wildman–Crippen MR) is 133 cm³/mol. The van der Waals surface area contributed by atoms with Gasteiger partial charge in [-0.2, -0.15) is 0 Å². The number of nitrogens with one attached hydrogen (secondary N) is 2. The van der Waals surface area contributed by atoms with E-state index in [2.05, 4.69) is 28.8 Å². The van der Waals surface area contributed by atoms with Crippen LogP contribution < -0.4 is 15.4 Å². The number of carbonyl (C=O) groups excluding carboxylic acids is 1. The van der Waals surface area contributed by atoms with Gasteiger partial charge in [0.2, 0.25) is 5.91 Å². The summed E-state index contributed by atoms with van der Waals surface area (Å²) in [5.74, 6) is 2.40. The van der Waals surface area contributed by atoms with Crippen molar-refractivity contribution in [2.45, 2.75) is 12.8 Å². The van der Waals surface area contributed by atoms with E-state index in [0.29, 0.717) is 25.3 Å². The van der Waals surface area contributed by atoms with Gasteiger partial charge in [0.15, 0.2) is 5.82 Å². The number of nitrogens with zero attached hydrogens (tertiary/aromatic N) is 3. The first kappa shape index (κ1) is 22.3. The van der Waals surface area contributed by atoms with Crippen LogP contribution in [0.2, 0.25) is 0 Å². The third-order valence-corrected chi connectivity index (χ3v) is 5.47. The highest BCUT2D eigenvalue weighted by Crippen LogP contribution is 2.30. The molecular formula is C26H29N5O2. The lowest BCUT2D eigenvalue weighted by atomic mass is 10.0. The van der Waals surface area contributed by atoms with E-state index in [1.165, 1.54) is 0 Å². The second kappa shape index (κ2) is 10.2. The minimum absolute atomic E-state index is 0.117. The number of hydrogen-bond acceptors (Lipinski definition) is 6. The van der Waals surface area contributed by atoms with E-state index in [4.69, 9.17) is 14.7 Å². The van der Waals surface area contributed by atoms with Crippen LogP contribution in [0.5, 0.6) is 5.75 Å². The smallest absolute Gasteiger partial charge is 0.222 e. The van der Waals surface area contributed by atoms with E-state index in [1.807, 2.05) is 49.7 Å². The number of anilines is 1. The number of benzene rings is 2. The second-order valence-electron chi connectivity index (χ2n) is 8.05. The molecule has 0 saturated carbocycles. The van der Waals surface area contributed by atoms with Crippen molar-refractivity contribution in [1.29, 1.82) is 0 Å². The van der Waals surface area contributed by atoms with Crippen LogP contribution in [0.15, 0.2) is 60.8 Å². The Hall–Kier alpha value is -3.87. The Morgan fingerprint density at radius 1 is 1.12 bits per heavy atom. The van der Waals surface area contributed by atoms with Gasteiger partial charge in [-0.25, -0.2) is 9.97 Å². The van der Waals surface area contributed by atoms with Crippen LogP contribution in [-0.2, 0) is 4.79 Å². The molecule has 0 radical (unpaired) electrons. The molecule has 0 aliphatic carbocycles. The highest BCUT2D eigenvalue weighted by Gasteiger charge is 2.12. The molecule has 2 N–H and O–H groups in total. The molecule has 1 aromatic heterocycles. The van der Waals surface area contributed by atoms with Crippen molar-refractivity contribution in [3.63, 3.8) is 0 Å². The van der Waals surface area contributed by atoms with Crippen molar-refractivity contribution >= 4 is 28.2 Å². The maximum atomic E-state index is 11.6. The third-order valence-electron chi connectivity index (χ3n) is 5.47. The summed E-state index contributed by atoms with van der Waals surface area (Å²) in [7, 11) is 5.41. The number of fused-ring (bicyclic) bond motifs is 1. The van der Waals surface area contributed by atoms with Crippen molar-refractivity contribution in [3.8, 4) is 16.9 Å². The van der Waals surface area contributed by atoms with Crippen LogP contribution in [0.1, 0.15) is 18.7 Å². The summed E-state index contributed by atoms with van der Waals surface area (Å²) in [5.41, 5.74) is 4.02. The lowest BCUT2D eigenvalue weighted by Crippen LogP contribution is -2.21. The molecule has 7 nitrogen and oxygen atoms in total. The number of amides is 1. The zero-order chi connectivity index (χ0) is 23.2. The molecule has 0 atom stereocenters. The van der Waals surface area contributed by atoms with Crippen LogP contribution in [-0.4, -0.2) is 55.1 Å². The van der Waals surface area contributed by atoms with E-state index in [9.17, 15) is 4.79 Å². The highest BCUT2D eigenvalue weighted by molar-refractivity contribution is 5.94. The number of aromatic nitrogens is 2. The van der Waals surface area contributed by atoms with Gasteiger partial charge in [0.05, 0.1) is 12.1 Å². The number of hydrogen-bond donors (Lipinski definition) is 2. The van der Waals surface area contributed by atoms with Gasteiger partial charge in [0.1, 0.15) is 11.6 Å². The Kier molecular flexibility index (Phi) is 6.88. The van der Waals surface area contributed by atoms with Gasteiger partial charge in [0, 0.05) is 51.3 Å². The summed E-state index contributed by atoms with van der Waals surface area (Å²) >= 11 is 0. The van der Waals surface area contributed by atoms with Crippen molar-refractivity contribution in [2.24, 2.45) is 0 Å². The fourth-order valence-corrected chi connectivity index (χ4v) is 3.62. The summed E-state index contributed by atoms with van der Waals surface area (Å²) in [4.78, 5) is 22.7. The number of dihydropyridines is 1. The molecule has 170 valence electrons. The molecule has 0 saturated heterocycles. The average Bonchev–Trinajstić information content (AvgIpc) is 2.86. The largest absolute Gasteiger partial charge is 0.494 e. The molecule has 3 aromatic rings. The molecule has 1 amide bonds. The minimum Gasteiger partial charge on any atom is -0.494 e. The molecule has 0 fully saturated rings. The highest BCUT2D eigenvalue weighted by atomic mass is 16.5. The first-order valence-electron chi connectivity index (χ1n) is 11.1. The van der Waals surface area contributed by atoms with E-state index in [1.54, 1.807) is 19.0 Å². The Morgan fingerprint density at radius 2 is 1.91 bits per heavy atom. The summed E-state index contributed by atoms with van der Waals surface area (Å²) < 4.78 is 5.79. The molecule has 1 aliphatic heterocycles. The van der Waals surface area contributed by atoms with Crippen molar-refractivity contribution in [1.82, 2.24) is 20.2 Å². The fraction of sp³-hybridized carbons (Fsp3) is 0.269. The van der Waals surface area contributed by atoms with E-state index < -0.39 is 0 Å². The Labute approximate surface area is 194 Å². The summed E-state index contributed by atoms with van der Waals surface area (Å²) in [6, 6.07) is 14.2. The van der Waals surface area contributed by atoms with Gasteiger partial charge in [-0.1, -0.05) is 30.4 Å². The molecule has 0 bridgehead atoms. The zero-order valence-electron chi connectivity index (χ0n) is 19.3. The first-order chi connectivity index (χ1) is 16.0. The standard InChI is InChI=1S/C26H29N5O2/c1-27-26-22-16-19(10-13-23(22)29-25(30-26)20-6-4-14-28-17-20)18-8-11-21(12-9-18)33-15-5-7-24(32)31(2)3/h4,6,8-13,16-17,28H,5,7,14-15H2,1-3H3,(H,27,29,30). The molecule has 2 aromatic carbocycles. The average molecular weight is 444 g/mol. The topological polar surface area (TPSA) is 79.4 Å². The van der Waals surface area contributed by atoms with Crippen LogP contribution >= 0.6 is 0 Å². The fourth-order valence-electron chi connectivity index (χ4n) is 3.62. The van der Waals surface area contributed by atoms with Crippen LogP contribution in [0, 0.1) is 0 Å². The second-order valence-corrected chi connectivity index (χ2v) is 8.05. The lowest BCUT2D eigenvalue weighted by molar-refractivity contribution is -0.128. The van der Waals surface area contributed by atoms with Crippen LogP contribution in [0.3, 0.4) is 0 Å². The number of ether oxygens (including phenoxy) is 1. The van der Waals surface area contributed by atoms with Gasteiger partial charge >= 0.3 is 0 Å². The quantitative estimate of drug-likeness (QED) is 0.511. The van der Waals surface area contributed by atoms with Gasteiger partial charge in [0.25, 0.3) is 0 Å². The minimum atomic E-state index is 0.117. The molecule has 1 aliphatic rings. The molecular weight excluding hydrogens is 414 g/mol. The molecule has 2 heterocycles. The van der Waals surface area contributed by atoms with Gasteiger partial charge in [-0.05, 0) is 41.8 Å². The summed E-state index contributed by atoms with van der Waals surface area (Å²) in [5, 5.41) is 7.38. The van der Waals surface area contributed by atoms with E-state index >= 15 is 0 Å². The van der Waals surface area contributed by atoms with Gasteiger partial charge < -0.3 is 20.3 Å². The van der Waals surface area contributed by atoms with Gasteiger partial charge in [-0.15, -0.1) is 0 Å². The molecule has 33 heavy (non-hydrogen) atoms. The summed E-state index contributed by atoms with van der Waals surface area (Å²) in [6.45, 7) is 1.33. The first-order valence-corrected chi connectivity index (χ1v) is 11.1. The van der Waals surface area contributed by atoms with Crippen LogP contribution in [0.25, 0.3) is 27.6 Å². The third kappa shape index (κ3) is 5.31. The lowest BCUT2D eigenvalue weighted by Gasteiger charge is -2.13. The number of allylic oxidation sites excluding steroid dienone is 2. The molecule has 0 unspecified atom stereocenters. The van der Waals surface area contributed by atoms with Crippen molar-refractivity contribution in [3.05, 3.63) is 66.6 Å². The molecule has 4 rings (SSSR count). The summed E-state index contributed by atoms with van der Waals surface area (Å²) in [6.07, 6.45) is 7.22. The maximum absolute atomic E-state index is 11.6. The van der Waals surface area contributed by atoms with E-state index in [-0.39, 0.29) is 5.91 Å². The Balaban J connectivity index is 1.49. The molecule has 0 spiro atoms. The van der Waals surface area contributed by atoms with Crippen molar-refractivity contribution in [2.75, 3.05) is 39.6 Å². The predicted octanol–water partition coefficient (Wildman–Crippen LogP) is 4.09.